The summed E-state index contributed by atoms with van der Waals surface area (Å²) in [6.07, 6.45) is 1.52. The lowest BCUT2D eigenvalue weighted by Gasteiger charge is -2.23. The summed E-state index contributed by atoms with van der Waals surface area (Å²) in [5, 5.41) is 8.24. The molecule has 0 radical (unpaired) electrons. The Labute approximate surface area is 149 Å². The molecular formula is C18H28N4O3. The number of carbonyl (C=O) groups is 2. The smallest absolute Gasteiger partial charge is 0.319 e. The van der Waals surface area contributed by atoms with Gasteiger partial charge in [-0.15, -0.1) is 0 Å². The van der Waals surface area contributed by atoms with Gasteiger partial charge in [-0.3, -0.25) is 4.79 Å². The van der Waals surface area contributed by atoms with E-state index >= 15 is 0 Å². The Morgan fingerprint density at radius 1 is 1.32 bits per heavy atom. The second-order valence-electron chi connectivity index (χ2n) is 5.96. The van der Waals surface area contributed by atoms with Crippen LogP contribution in [0.25, 0.3) is 0 Å². The highest BCUT2D eigenvalue weighted by molar-refractivity contribution is 5.94. The van der Waals surface area contributed by atoms with Crippen LogP contribution in [-0.4, -0.2) is 55.7 Å². The maximum atomic E-state index is 12.2. The molecule has 25 heavy (non-hydrogen) atoms. The van der Waals surface area contributed by atoms with Crippen LogP contribution in [0.4, 0.5) is 10.5 Å². The van der Waals surface area contributed by atoms with E-state index in [1.54, 1.807) is 6.07 Å². The third-order valence-electron chi connectivity index (χ3n) is 4.29. The Hall–Kier alpha value is -2.28. The third-order valence-corrected chi connectivity index (χ3v) is 4.29. The Morgan fingerprint density at radius 2 is 2.08 bits per heavy atom. The molecule has 1 aliphatic heterocycles. The maximum absolute atomic E-state index is 12.2. The molecule has 0 aromatic heterocycles. The van der Waals surface area contributed by atoms with Gasteiger partial charge in [-0.1, -0.05) is 26.0 Å². The van der Waals surface area contributed by atoms with Crippen molar-refractivity contribution in [3.8, 4) is 5.75 Å². The van der Waals surface area contributed by atoms with Gasteiger partial charge < -0.3 is 25.6 Å². The van der Waals surface area contributed by atoms with Crippen LogP contribution in [0.15, 0.2) is 24.3 Å². The topological polar surface area (TPSA) is 82.7 Å². The van der Waals surface area contributed by atoms with E-state index in [0.717, 1.165) is 26.1 Å². The fraction of sp³-hybridized carbons (Fsp3) is 0.556. The van der Waals surface area contributed by atoms with Gasteiger partial charge in [-0.25, -0.2) is 4.79 Å². The molecule has 1 fully saturated rings. The van der Waals surface area contributed by atoms with Crippen molar-refractivity contribution in [2.75, 3.05) is 38.1 Å². The quantitative estimate of drug-likeness (QED) is 0.669. The number of hydrogen-bond donors (Lipinski definition) is 3. The van der Waals surface area contributed by atoms with Gasteiger partial charge in [0.05, 0.1) is 5.69 Å². The Kier molecular flexibility index (Phi) is 7.53. The van der Waals surface area contributed by atoms with Gasteiger partial charge in [0, 0.05) is 13.1 Å². The molecule has 138 valence electrons. The van der Waals surface area contributed by atoms with Crippen LogP contribution >= 0.6 is 0 Å². The Morgan fingerprint density at radius 3 is 2.80 bits per heavy atom. The lowest BCUT2D eigenvalue weighted by molar-refractivity contribution is -0.124. The molecule has 1 saturated heterocycles. The number of anilines is 1. The standard InChI is InChI=1S/C18H28N4O3/c1-3-22(4-2)12-13-25-16-10-6-5-8-14(16)20-18(24)21-15-9-7-11-19-17(15)23/h5-6,8,10,15H,3-4,7,9,11-13H2,1-2H3,(H,19,23)(H2,20,21,24)/t15-/m0/s1. The van der Waals surface area contributed by atoms with Crippen molar-refractivity contribution in [3.05, 3.63) is 24.3 Å². The summed E-state index contributed by atoms with van der Waals surface area (Å²) in [6, 6.07) is 6.43. The maximum Gasteiger partial charge on any atom is 0.319 e. The zero-order valence-corrected chi connectivity index (χ0v) is 15.0. The van der Waals surface area contributed by atoms with Crippen LogP contribution in [0.5, 0.6) is 5.75 Å². The molecule has 0 aliphatic carbocycles. The zero-order chi connectivity index (χ0) is 18.1. The van der Waals surface area contributed by atoms with Crippen LogP contribution in [0.1, 0.15) is 26.7 Å². The molecule has 3 amide bonds. The van der Waals surface area contributed by atoms with E-state index in [4.69, 9.17) is 4.74 Å². The minimum atomic E-state index is -0.482. The number of nitrogens with zero attached hydrogens (tertiary/aromatic N) is 1. The summed E-state index contributed by atoms with van der Waals surface area (Å²) in [5.41, 5.74) is 0.593. The van der Waals surface area contributed by atoms with Crippen LogP contribution in [0, 0.1) is 0 Å². The average Bonchev–Trinajstić information content (AvgIpc) is 2.62. The van der Waals surface area contributed by atoms with E-state index in [2.05, 4.69) is 34.7 Å². The molecule has 1 aliphatic rings. The number of rotatable bonds is 8. The number of ether oxygens (including phenoxy) is 1. The molecule has 1 aromatic carbocycles. The molecule has 1 atom stereocenters. The third kappa shape index (κ3) is 5.94. The van der Waals surface area contributed by atoms with Crippen LogP contribution < -0.4 is 20.7 Å². The van der Waals surface area contributed by atoms with Crippen LogP contribution in [0.2, 0.25) is 0 Å². The fourth-order valence-electron chi connectivity index (χ4n) is 2.75. The Balaban J connectivity index is 1.88. The molecule has 0 spiro atoms. The van der Waals surface area contributed by atoms with Gasteiger partial charge in [0.1, 0.15) is 18.4 Å². The minimum absolute atomic E-state index is 0.134. The van der Waals surface area contributed by atoms with E-state index in [-0.39, 0.29) is 5.91 Å². The second kappa shape index (κ2) is 9.88. The van der Waals surface area contributed by atoms with Crippen molar-refractivity contribution >= 4 is 17.6 Å². The normalized spacial score (nSPS) is 17.1. The van der Waals surface area contributed by atoms with Gasteiger partial charge in [0.25, 0.3) is 0 Å². The number of likely N-dealkylation sites (N-methyl/N-ethyl adjacent to an activating group) is 1. The van der Waals surface area contributed by atoms with E-state index in [1.807, 2.05) is 18.2 Å². The fourth-order valence-corrected chi connectivity index (χ4v) is 2.75. The summed E-state index contributed by atoms with van der Waals surface area (Å²) < 4.78 is 5.82. The highest BCUT2D eigenvalue weighted by atomic mass is 16.5. The molecule has 1 heterocycles. The summed E-state index contributed by atoms with van der Waals surface area (Å²) in [7, 11) is 0. The average molecular weight is 348 g/mol. The largest absolute Gasteiger partial charge is 0.490 e. The predicted octanol–water partition coefficient (Wildman–Crippen LogP) is 1.81. The van der Waals surface area contributed by atoms with Crippen LogP contribution in [0.3, 0.4) is 0 Å². The van der Waals surface area contributed by atoms with Crippen LogP contribution in [-0.2, 0) is 4.79 Å². The predicted molar refractivity (Wildman–Crippen MR) is 97.9 cm³/mol. The first-order valence-corrected chi connectivity index (χ1v) is 8.93. The molecule has 3 N–H and O–H groups in total. The lowest BCUT2D eigenvalue weighted by Crippen LogP contribution is -2.51. The first kappa shape index (κ1) is 19.1. The number of nitrogens with one attached hydrogen (secondary N) is 3. The molecule has 0 unspecified atom stereocenters. The Bertz CT molecular complexity index is 575. The number of amides is 3. The highest BCUT2D eigenvalue weighted by Gasteiger charge is 2.23. The first-order chi connectivity index (χ1) is 12.1. The number of hydrogen-bond acceptors (Lipinski definition) is 4. The molecule has 7 heteroatoms. The van der Waals surface area contributed by atoms with Gasteiger partial charge in [-0.2, -0.15) is 0 Å². The lowest BCUT2D eigenvalue weighted by atomic mass is 10.1. The van der Waals surface area contributed by atoms with Gasteiger partial charge in [0.2, 0.25) is 5.91 Å². The van der Waals surface area contributed by atoms with Crippen molar-refractivity contribution < 1.29 is 14.3 Å². The van der Waals surface area contributed by atoms with Gasteiger partial charge >= 0.3 is 6.03 Å². The summed E-state index contributed by atoms with van der Waals surface area (Å²) >= 11 is 0. The molecule has 2 rings (SSSR count). The first-order valence-electron chi connectivity index (χ1n) is 8.93. The summed E-state index contributed by atoms with van der Waals surface area (Å²) in [4.78, 5) is 26.2. The van der Waals surface area contributed by atoms with E-state index in [9.17, 15) is 9.59 Å². The van der Waals surface area contributed by atoms with Crippen molar-refractivity contribution in [1.82, 2.24) is 15.5 Å². The van der Waals surface area contributed by atoms with Crippen molar-refractivity contribution in [3.63, 3.8) is 0 Å². The molecular weight excluding hydrogens is 320 g/mol. The second-order valence-corrected chi connectivity index (χ2v) is 5.96. The van der Waals surface area contributed by atoms with E-state index in [0.29, 0.717) is 31.0 Å². The number of urea groups is 1. The molecule has 7 nitrogen and oxygen atoms in total. The van der Waals surface area contributed by atoms with Crippen molar-refractivity contribution in [1.29, 1.82) is 0 Å². The number of para-hydroxylation sites is 2. The number of carbonyl (C=O) groups excluding carboxylic acids is 2. The summed E-state index contributed by atoms with van der Waals surface area (Å²) in [6.45, 7) is 8.23. The summed E-state index contributed by atoms with van der Waals surface area (Å²) in [5.74, 6) is 0.489. The minimum Gasteiger partial charge on any atom is -0.490 e. The van der Waals surface area contributed by atoms with E-state index < -0.39 is 12.1 Å². The van der Waals surface area contributed by atoms with Gasteiger partial charge in [0.15, 0.2) is 0 Å². The molecule has 0 bridgehead atoms. The van der Waals surface area contributed by atoms with Gasteiger partial charge in [-0.05, 0) is 38.1 Å². The zero-order valence-electron chi connectivity index (χ0n) is 15.0. The van der Waals surface area contributed by atoms with Crippen molar-refractivity contribution in [2.45, 2.75) is 32.7 Å². The molecule has 1 aromatic rings. The van der Waals surface area contributed by atoms with E-state index in [1.165, 1.54) is 0 Å². The number of piperidine rings is 1. The molecule has 0 saturated carbocycles. The highest BCUT2D eigenvalue weighted by Crippen LogP contribution is 2.23. The number of benzene rings is 1. The SMILES string of the molecule is CCN(CC)CCOc1ccccc1NC(=O)N[C@H]1CCCNC1=O. The van der Waals surface area contributed by atoms with Crippen molar-refractivity contribution in [2.24, 2.45) is 0 Å². The monoisotopic (exact) mass is 348 g/mol.